The van der Waals surface area contributed by atoms with E-state index in [1.165, 1.54) is 37.5 Å². The maximum atomic E-state index is 14.1. The van der Waals surface area contributed by atoms with E-state index >= 15 is 0 Å². The second kappa shape index (κ2) is 9.10. The second-order valence-corrected chi connectivity index (χ2v) is 8.99. The normalized spacial score (nSPS) is 12.4. The molecule has 3 aromatic carbocycles. The van der Waals surface area contributed by atoms with Crippen LogP contribution in [0.4, 0.5) is 18.9 Å². The van der Waals surface area contributed by atoms with E-state index in [0.29, 0.717) is 11.6 Å². The molecule has 0 bridgehead atoms. The average molecular weight is 486 g/mol. The van der Waals surface area contributed by atoms with Crippen molar-refractivity contribution >= 4 is 32.7 Å². The minimum Gasteiger partial charge on any atom is -0.345 e. The zero-order valence-electron chi connectivity index (χ0n) is 17.6. The van der Waals surface area contributed by atoms with E-state index in [-0.39, 0.29) is 27.2 Å². The van der Waals surface area contributed by atoms with Gasteiger partial charge in [-0.3, -0.25) is 19.5 Å². The monoisotopic (exact) mass is 486 g/mol. The highest BCUT2D eigenvalue weighted by molar-refractivity contribution is 7.93. The van der Waals surface area contributed by atoms with Crippen LogP contribution in [0.1, 0.15) is 28.9 Å². The molecule has 174 valence electrons. The molecule has 4 aromatic rings. The summed E-state index contributed by atoms with van der Waals surface area (Å²) in [5.41, 5.74) is -0.0813. The lowest BCUT2D eigenvalue weighted by Crippen LogP contribution is -2.28. The molecule has 0 fully saturated rings. The second-order valence-electron chi connectivity index (χ2n) is 7.34. The lowest BCUT2D eigenvalue weighted by Gasteiger charge is -2.17. The highest BCUT2D eigenvalue weighted by Gasteiger charge is 2.23. The molecule has 0 saturated heterocycles. The number of carbonyl (C=O) groups excluding carboxylic acids is 1. The van der Waals surface area contributed by atoms with E-state index in [2.05, 4.69) is 20.0 Å². The molecule has 0 aliphatic rings. The minimum absolute atomic E-state index is 0.0216. The number of sulfonamides is 1. The summed E-state index contributed by atoms with van der Waals surface area (Å²) in [6, 6.07) is 9.32. The summed E-state index contributed by atoms with van der Waals surface area (Å²) in [5.74, 6) is -3.21. The Bertz CT molecular complexity index is 1510. The van der Waals surface area contributed by atoms with Gasteiger partial charge in [-0.1, -0.05) is 12.1 Å². The van der Waals surface area contributed by atoms with E-state index in [4.69, 9.17) is 0 Å². The van der Waals surface area contributed by atoms with Gasteiger partial charge in [-0.05, 0) is 43.3 Å². The minimum atomic E-state index is -4.31. The number of hydrogen-bond acceptors (Lipinski definition) is 5. The molecule has 1 atom stereocenters. The van der Waals surface area contributed by atoms with Crippen molar-refractivity contribution in [3.8, 4) is 0 Å². The van der Waals surface area contributed by atoms with Crippen molar-refractivity contribution < 1.29 is 26.4 Å². The number of nitrogens with one attached hydrogen (secondary N) is 2. The first kappa shape index (κ1) is 23.2. The SMILES string of the molecule is C[C@@H](NC(=O)c1ccc(F)cc1NS(=O)(=O)c1cccc2nccnc12)c1ccc(F)cc1F. The van der Waals surface area contributed by atoms with Gasteiger partial charge in [0.1, 0.15) is 27.9 Å². The number of nitrogens with zero attached hydrogens (tertiary/aromatic N) is 2. The Morgan fingerprint density at radius 1 is 0.941 bits per heavy atom. The van der Waals surface area contributed by atoms with Crippen molar-refractivity contribution in [2.75, 3.05) is 4.72 Å². The van der Waals surface area contributed by atoms with E-state index in [1.807, 2.05) is 0 Å². The number of fused-ring (bicyclic) bond motifs is 1. The molecular formula is C23H17F3N4O3S. The first-order valence-electron chi connectivity index (χ1n) is 9.93. The Morgan fingerprint density at radius 2 is 1.65 bits per heavy atom. The van der Waals surface area contributed by atoms with Gasteiger partial charge in [-0.25, -0.2) is 21.6 Å². The van der Waals surface area contributed by atoms with Crippen LogP contribution in [-0.2, 0) is 10.0 Å². The fourth-order valence-electron chi connectivity index (χ4n) is 3.39. The number of benzene rings is 3. The van der Waals surface area contributed by atoms with Gasteiger partial charge in [0.05, 0.1) is 22.8 Å². The van der Waals surface area contributed by atoms with Crippen LogP contribution in [0.15, 0.2) is 71.9 Å². The average Bonchev–Trinajstić information content (AvgIpc) is 2.78. The van der Waals surface area contributed by atoms with E-state index in [0.717, 1.165) is 24.3 Å². The fraction of sp³-hybridized carbons (Fsp3) is 0.0870. The predicted octanol–water partition coefficient (Wildman–Crippen LogP) is 4.34. The topological polar surface area (TPSA) is 101 Å². The molecule has 0 unspecified atom stereocenters. The molecular weight excluding hydrogens is 469 g/mol. The zero-order valence-corrected chi connectivity index (χ0v) is 18.4. The first-order chi connectivity index (χ1) is 16.2. The van der Waals surface area contributed by atoms with Crippen LogP contribution in [0.5, 0.6) is 0 Å². The lowest BCUT2D eigenvalue weighted by atomic mass is 10.1. The summed E-state index contributed by atoms with van der Waals surface area (Å²) in [7, 11) is -4.31. The van der Waals surface area contributed by atoms with Gasteiger partial charge in [-0.2, -0.15) is 0 Å². The van der Waals surface area contributed by atoms with Crippen LogP contribution in [-0.4, -0.2) is 24.3 Å². The standard InChI is InChI=1S/C23H17F3N4O3S/c1-13(16-7-5-14(24)11-18(16)26)29-23(31)17-8-6-15(25)12-20(17)30-34(32,33)21-4-2-3-19-22(21)28-10-9-27-19/h2-13,30H,1H3,(H,29,31)/t13-/m1/s1. The molecule has 1 aromatic heterocycles. The van der Waals surface area contributed by atoms with Crippen molar-refractivity contribution in [1.29, 1.82) is 0 Å². The van der Waals surface area contributed by atoms with Crippen LogP contribution in [0.2, 0.25) is 0 Å². The zero-order chi connectivity index (χ0) is 24.5. The smallest absolute Gasteiger partial charge is 0.264 e. The van der Waals surface area contributed by atoms with Crippen molar-refractivity contribution in [2.45, 2.75) is 17.9 Å². The van der Waals surface area contributed by atoms with Gasteiger partial charge in [0.25, 0.3) is 15.9 Å². The first-order valence-corrected chi connectivity index (χ1v) is 11.4. The molecule has 4 rings (SSSR count). The molecule has 1 heterocycles. The Kier molecular flexibility index (Phi) is 6.20. The van der Waals surface area contributed by atoms with Gasteiger partial charge in [-0.15, -0.1) is 0 Å². The van der Waals surface area contributed by atoms with Crippen LogP contribution < -0.4 is 10.0 Å². The molecule has 0 spiro atoms. The van der Waals surface area contributed by atoms with Crippen molar-refractivity contribution in [3.63, 3.8) is 0 Å². The number of aromatic nitrogens is 2. The van der Waals surface area contributed by atoms with E-state index in [1.54, 1.807) is 6.07 Å². The number of para-hydroxylation sites is 1. The number of anilines is 1. The number of halogens is 3. The molecule has 2 N–H and O–H groups in total. The third-order valence-electron chi connectivity index (χ3n) is 5.00. The van der Waals surface area contributed by atoms with Gasteiger partial charge in [0.2, 0.25) is 0 Å². The Labute approximate surface area is 192 Å². The molecule has 34 heavy (non-hydrogen) atoms. The third kappa shape index (κ3) is 4.69. The highest BCUT2D eigenvalue weighted by Crippen LogP contribution is 2.26. The maximum Gasteiger partial charge on any atom is 0.264 e. The van der Waals surface area contributed by atoms with Gasteiger partial charge in [0.15, 0.2) is 0 Å². The Hall–Kier alpha value is -3.99. The molecule has 1 amide bonds. The molecule has 0 saturated carbocycles. The summed E-state index contributed by atoms with van der Waals surface area (Å²) < 4.78 is 69.7. The number of hydrogen-bond donors (Lipinski definition) is 2. The largest absolute Gasteiger partial charge is 0.345 e. The van der Waals surface area contributed by atoms with E-state index < -0.39 is 39.4 Å². The quantitative estimate of drug-likeness (QED) is 0.422. The van der Waals surface area contributed by atoms with Crippen LogP contribution in [0, 0.1) is 17.5 Å². The van der Waals surface area contributed by atoms with Gasteiger partial charge in [0, 0.05) is 24.0 Å². The van der Waals surface area contributed by atoms with E-state index in [9.17, 15) is 26.4 Å². The van der Waals surface area contributed by atoms with Crippen molar-refractivity contribution in [2.24, 2.45) is 0 Å². The van der Waals surface area contributed by atoms with Gasteiger partial charge >= 0.3 is 0 Å². The van der Waals surface area contributed by atoms with Crippen molar-refractivity contribution in [1.82, 2.24) is 15.3 Å². The summed E-state index contributed by atoms with van der Waals surface area (Å²) in [6.07, 6.45) is 2.74. The molecule has 7 nitrogen and oxygen atoms in total. The molecule has 11 heteroatoms. The molecule has 0 aliphatic carbocycles. The number of amides is 1. The number of carbonyl (C=O) groups is 1. The Morgan fingerprint density at radius 3 is 2.41 bits per heavy atom. The van der Waals surface area contributed by atoms with Crippen LogP contribution >= 0.6 is 0 Å². The summed E-state index contributed by atoms with van der Waals surface area (Å²) in [4.78, 5) is 20.8. The highest BCUT2D eigenvalue weighted by atomic mass is 32.2. The molecule has 0 radical (unpaired) electrons. The van der Waals surface area contributed by atoms with Crippen molar-refractivity contribution in [3.05, 3.63) is 95.6 Å². The van der Waals surface area contributed by atoms with Gasteiger partial charge < -0.3 is 5.32 Å². The summed E-state index contributed by atoms with van der Waals surface area (Å²) in [5, 5.41) is 2.51. The lowest BCUT2D eigenvalue weighted by molar-refractivity contribution is 0.0940. The van der Waals surface area contributed by atoms with Crippen LogP contribution in [0.3, 0.4) is 0 Å². The summed E-state index contributed by atoms with van der Waals surface area (Å²) in [6.45, 7) is 1.47. The maximum absolute atomic E-state index is 14.1. The predicted molar refractivity (Wildman–Crippen MR) is 119 cm³/mol. The fourth-order valence-corrected chi connectivity index (χ4v) is 4.62. The molecule has 0 aliphatic heterocycles. The third-order valence-corrected chi connectivity index (χ3v) is 6.40. The summed E-state index contributed by atoms with van der Waals surface area (Å²) >= 11 is 0. The number of rotatable bonds is 6. The Balaban J connectivity index is 1.66. The van der Waals surface area contributed by atoms with Crippen LogP contribution in [0.25, 0.3) is 11.0 Å².